The highest BCUT2D eigenvalue weighted by Crippen LogP contribution is 2.24. The highest BCUT2D eigenvalue weighted by atomic mass is 16.3. The van der Waals surface area contributed by atoms with Gasteiger partial charge in [0.25, 0.3) is 0 Å². The van der Waals surface area contributed by atoms with E-state index in [1.807, 2.05) is 32.0 Å². The molecule has 21 heavy (non-hydrogen) atoms. The normalized spacial score (nSPS) is 11.8. The van der Waals surface area contributed by atoms with Gasteiger partial charge in [0.15, 0.2) is 5.65 Å². The van der Waals surface area contributed by atoms with Crippen molar-refractivity contribution < 1.29 is 9.90 Å². The lowest BCUT2D eigenvalue weighted by Crippen LogP contribution is -2.34. The number of amides is 1. The van der Waals surface area contributed by atoms with Crippen molar-refractivity contribution in [1.82, 2.24) is 14.6 Å². The summed E-state index contributed by atoms with van der Waals surface area (Å²) in [5, 5.41) is 21.2. The molecule has 0 saturated heterocycles. The van der Waals surface area contributed by atoms with Crippen molar-refractivity contribution in [2.75, 3.05) is 5.32 Å². The number of nitrogens with one attached hydrogen (secondary N) is 1. The molecule has 0 aliphatic rings. The van der Waals surface area contributed by atoms with Gasteiger partial charge in [-0.2, -0.15) is 0 Å². The Morgan fingerprint density at radius 2 is 2.00 bits per heavy atom. The van der Waals surface area contributed by atoms with Crippen LogP contribution >= 0.6 is 0 Å². The number of hydrogen-bond acceptors (Lipinski definition) is 4. The van der Waals surface area contributed by atoms with Crippen molar-refractivity contribution in [3.05, 3.63) is 24.4 Å². The Morgan fingerprint density at radius 3 is 2.67 bits per heavy atom. The van der Waals surface area contributed by atoms with Gasteiger partial charge in [-0.25, -0.2) is 0 Å². The first-order valence-corrected chi connectivity index (χ1v) is 7.40. The van der Waals surface area contributed by atoms with Crippen molar-refractivity contribution in [1.29, 1.82) is 0 Å². The second kappa shape index (κ2) is 6.67. The summed E-state index contributed by atoms with van der Waals surface area (Å²) in [6.07, 6.45) is 4.80. The quantitative estimate of drug-likeness (QED) is 0.820. The average molecular weight is 290 g/mol. The van der Waals surface area contributed by atoms with Gasteiger partial charge in [0.1, 0.15) is 0 Å². The van der Waals surface area contributed by atoms with Crippen molar-refractivity contribution in [2.45, 2.75) is 51.6 Å². The predicted octanol–water partition coefficient (Wildman–Crippen LogP) is 2.39. The number of carbonyl (C=O) groups is 1. The van der Waals surface area contributed by atoms with E-state index in [2.05, 4.69) is 15.5 Å². The maximum absolute atomic E-state index is 12.2. The molecule has 0 aromatic carbocycles. The van der Waals surface area contributed by atoms with Gasteiger partial charge in [0, 0.05) is 6.20 Å². The molecule has 0 fully saturated rings. The number of rotatable bonds is 7. The molecule has 0 spiro atoms. The van der Waals surface area contributed by atoms with Crippen LogP contribution in [0.1, 0.15) is 46.0 Å². The van der Waals surface area contributed by atoms with Gasteiger partial charge in [-0.15, -0.1) is 10.2 Å². The molecule has 0 radical (unpaired) electrons. The molecule has 0 unspecified atom stereocenters. The number of anilines is 1. The molecule has 0 aliphatic heterocycles. The first-order chi connectivity index (χ1) is 10.1. The molecule has 2 heterocycles. The van der Waals surface area contributed by atoms with Crippen LogP contribution in [0.5, 0.6) is 0 Å². The zero-order valence-corrected chi connectivity index (χ0v) is 12.5. The highest BCUT2D eigenvalue weighted by molar-refractivity contribution is 5.90. The smallest absolute Gasteiger partial charge is 0.235 e. The summed E-state index contributed by atoms with van der Waals surface area (Å²) in [5.41, 5.74) is -0.265. The average Bonchev–Trinajstić information content (AvgIpc) is 2.82. The summed E-state index contributed by atoms with van der Waals surface area (Å²) < 4.78 is 1.70. The number of aliphatic hydroxyl groups is 1. The van der Waals surface area contributed by atoms with Crippen molar-refractivity contribution in [2.24, 2.45) is 0 Å². The summed E-state index contributed by atoms with van der Waals surface area (Å²) in [5.74, 6) is 0.142. The monoisotopic (exact) mass is 290 g/mol. The molecule has 2 aromatic rings. The fraction of sp³-hybridized carbons (Fsp3) is 0.533. The molecule has 2 N–H and O–H groups in total. The minimum atomic E-state index is -0.936. The number of hydrogen-bond donors (Lipinski definition) is 2. The van der Waals surface area contributed by atoms with Crippen LogP contribution in [0.4, 0.5) is 5.95 Å². The van der Waals surface area contributed by atoms with Gasteiger partial charge < -0.3 is 5.11 Å². The van der Waals surface area contributed by atoms with Gasteiger partial charge in [-0.05, 0) is 25.0 Å². The Balaban J connectivity index is 2.07. The SMILES string of the molecule is CCCC(O)(CCC)CC(=O)Nc1nnc2ccccn12. The third-order valence-electron chi connectivity index (χ3n) is 3.49. The third-order valence-corrected chi connectivity index (χ3v) is 3.49. The van der Waals surface area contributed by atoms with E-state index >= 15 is 0 Å². The second-order valence-corrected chi connectivity index (χ2v) is 5.40. The number of nitrogens with zero attached hydrogens (tertiary/aromatic N) is 3. The highest BCUT2D eigenvalue weighted by Gasteiger charge is 2.28. The van der Waals surface area contributed by atoms with Crippen LogP contribution in [-0.2, 0) is 4.79 Å². The lowest BCUT2D eigenvalue weighted by atomic mass is 9.89. The van der Waals surface area contributed by atoms with Crippen LogP contribution in [0.25, 0.3) is 5.65 Å². The third kappa shape index (κ3) is 3.78. The molecule has 1 amide bonds. The summed E-state index contributed by atoms with van der Waals surface area (Å²) in [6, 6.07) is 5.51. The molecule has 6 nitrogen and oxygen atoms in total. The topological polar surface area (TPSA) is 79.5 Å². The van der Waals surface area contributed by atoms with Crippen LogP contribution in [0.15, 0.2) is 24.4 Å². The molecule has 2 aromatic heterocycles. The molecule has 6 heteroatoms. The number of carbonyl (C=O) groups excluding carboxylic acids is 1. The molecular formula is C15H22N4O2. The zero-order valence-electron chi connectivity index (χ0n) is 12.5. The molecule has 0 aliphatic carbocycles. The molecule has 114 valence electrons. The van der Waals surface area contributed by atoms with Crippen molar-refractivity contribution in [3.63, 3.8) is 0 Å². The van der Waals surface area contributed by atoms with E-state index in [-0.39, 0.29) is 12.3 Å². The van der Waals surface area contributed by atoms with Crippen LogP contribution < -0.4 is 5.32 Å². The van der Waals surface area contributed by atoms with E-state index in [0.29, 0.717) is 24.4 Å². The first-order valence-electron chi connectivity index (χ1n) is 7.40. The lowest BCUT2D eigenvalue weighted by molar-refractivity contribution is -0.121. The molecular weight excluding hydrogens is 268 g/mol. The van der Waals surface area contributed by atoms with E-state index in [1.54, 1.807) is 10.6 Å². The molecule has 0 atom stereocenters. The van der Waals surface area contributed by atoms with Gasteiger partial charge in [0.05, 0.1) is 12.0 Å². The van der Waals surface area contributed by atoms with Crippen LogP contribution in [0.3, 0.4) is 0 Å². The zero-order chi connectivity index (χ0) is 15.3. The van der Waals surface area contributed by atoms with Gasteiger partial charge in [-0.1, -0.05) is 32.8 Å². The Kier molecular flexibility index (Phi) is 4.90. The fourth-order valence-electron chi connectivity index (χ4n) is 2.63. The summed E-state index contributed by atoms with van der Waals surface area (Å²) in [7, 11) is 0. The summed E-state index contributed by atoms with van der Waals surface area (Å²) >= 11 is 0. The molecule has 0 saturated carbocycles. The maximum atomic E-state index is 12.2. The summed E-state index contributed by atoms with van der Waals surface area (Å²) in [4.78, 5) is 12.2. The minimum Gasteiger partial charge on any atom is -0.389 e. The maximum Gasteiger partial charge on any atom is 0.235 e. The van der Waals surface area contributed by atoms with E-state index < -0.39 is 5.60 Å². The molecule has 0 bridgehead atoms. The number of aromatic nitrogens is 3. The van der Waals surface area contributed by atoms with Crippen LogP contribution in [-0.4, -0.2) is 31.2 Å². The minimum absolute atomic E-state index is 0.0798. The number of pyridine rings is 1. The lowest BCUT2D eigenvalue weighted by Gasteiger charge is -2.26. The predicted molar refractivity (Wildman–Crippen MR) is 81.0 cm³/mol. The van der Waals surface area contributed by atoms with Crippen LogP contribution in [0.2, 0.25) is 0 Å². The van der Waals surface area contributed by atoms with Crippen molar-refractivity contribution >= 4 is 17.5 Å². The van der Waals surface area contributed by atoms with E-state index in [9.17, 15) is 9.90 Å². The Morgan fingerprint density at radius 1 is 1.29 bits per heavy atom. The second-order valence-electron chi connectivity index (χ2n) is 5.40. The van der Waals surface area contributed by atoms with E-state index in [0.717, 1.165) is 12.8 Å². The standard InChI is InChI=1S/C15H22N4O2/c1-3-8-15(21,9-4-2)11-13(20)16-14-18-17-12-7-5-6-10-19(12)14/h5-7,10,21H,3-4,8-9,11H2,1-2H3,(H,16,18,20). The Hall–Kier alpha value is -1.95. The first kappa shape index (κ1) is 15.4. The van der Waals surface area contributed by atoms with Gasteiger partial charge in [0.2, 0.25) is 11.9 Å². The Labute approximate surface area is 124 Å². The fourth-order valence-corrected chi connectivity index (χ4v) is 2.63. The Bertz CT molecular complexity index is 602. The van der Waals surface area contributed by atoms with E-state index in [1.165, 1.54) is 0 Å². The van der Waals surface area contributed by atoms with Gasteiger partial charge in [-0.3, -0.25) is 14.5 Å². The van der Waals surface area contributed by atoms with Crippen molar-refractivity contribution in [3.8, 4) is 0 Å². The number of fused-ring (bicyclic) bond motifs is 1. The largest absolute Gasteiger partial charge is 0.389 e. The van der Waals surface area contributed by atoms with Gasteiger partial charge >= 0.3 is 0 Å². The van der Waals surface area contributed by atoms with E-state index in [4.69, 9.17) is 0 Å². The summed E-state index contributed by atoms with van der Waals surface area (Å²) in [6.45, 7) is 4.01. The molecule has 2 rings (SSSR count). The van der Waals surface area contributed by atoms with Crippen LogP contribution in [0, 0.1) is 0 Å².